The van der Waals surface area contributed by atoms with E-state index in [0.717, 1.165) is 29.4 Å². The molecule has 1 aliphatic rings. The van der Waals surface area contributed by atoms with Crippen LogP contribution in [0.15, 0.2) is 47.1 Å². The van der Waals surface area contributed by atoms with Gasteiger partial charge in [0.2, 0.25) is 0 Å². The molecule has 0 saturated carbocycles. The van der Waals surface area contributed by atoms with Gasteiger partial charge in [-0.05, 0) is 30.5 Å². The molecule has 1 aliphatic carbocycles. The Kier molecular flexibility index (Phi) is 1.73. The molecule has 0 spiro atoms. The van der Waals surface area contributed by atoms with Gasteiger partial charge in [-0.1, -0.05) is 24.3 Å². The second-order valence-corrected chi connectivity index (χ2v) is 4.21. The lowest BCUT2D eigenvalue weighted by atomic mass is 9.88. The molecule has 0 saturated heterocycles. The van der Waals surface area contributed by atoms with Gasteiger partial charge in [0.05, 0.1) is 6.26 Å². The standard InChI is InChI=1S/C13H13NO/c14-13(6-1-2-7-13)11-4-3-10-5-8-15-12(10)9-11/h1-5,8-9H,6-7,14H2. The van der Waals surface area contributed by atoms with Crippen molar-refractivity contribution in [2.24, 2.45) is 5.73 Å². The lowest BCUT2D eigenvalue weighted by molar-refractivity contribution is 0.480. The first kappa shape index (κ1) is 8.74. The molecule has 1 aromatic carbocycles. The van der Waals surface area contributed by atoms with E-state index in [1.165, 1.54) is 0 Å². The van der Waals surface area contributed by atoms with Gasteiger partial charge < -0.3 is 10.2 Å². The van der Waals surface area contributed by atoms with E-state index in [-0.39, 0.29) is 5.54 Å². The third-order valence-electron chi connectivity index (χ3n) is 3.16. The fourth-order valence-electron chi connectivity index (χ4n) is 2.17. The van der Waals surface area contributed by atoms with E-state index in [1.807, 2.05) is 6.07 Å². The summed E-state index contributed by atoms with van der Waals surface area (Å²) in [6.07, 6.45) is 7.83. The topological polar surface area (TPSA) is 39.2 Å². The molecule has 0 atom stereocenters. The summed E-state index contributed by atoms with van der Waals surface area (Å²) in [5, 5.41) is 1.13. The number of nitrogens with two attached hydrogens (primary N) is 1. The minimum Gasteiger partial charge on any atom is -0.464 e. The Morgan fingerprint density at radius 3 is 2.73 bits per heavy atom. The van der Waals surface area contributed by atoms with Crippen molar-refractivity contribution in [3.8, 4) is 0 Å². The third kappa shape index (κ3) is 1.29. The number of rotatable bonds is 1. The highest BCUT2D eigenvalue weighted by atomic mass is 16.3. The van der Waals surface area contributed by atoms with E-state index < -0.39 is 0 Å². The van der Waals surface area contributed by atoms with Crippen LogP contribution in [-0.2, 0) is 5.54 Å². The van der Waals surface area contributed by atoms with E-state index in [9.17, 15) is 0 Å². The molecule has 0 radical (unpaired) electrons. The van der Waals surface area contributed by atoms with E-state index in [1.54, 1.807) is 6.26 Å². The number of benzene rings is 1. The molecular formula is C13H13NO. The van der Waals surface area contributed by atoms with E-state index in [4.69, 9.17) is 10.2 Å². The Balaban J connectivity index is 2.10. The SMILES string of the molecule is NC1(c2ccc3ccoc3c2)CC=CC1. The van der Waals surface area contributed by atoms with Crippen LogP contribution >= 0.6 is 0 Å². The first-order chi connectivity index (χ1) is 7.28. The zero-order valence-electron chi connectivity index (χ0n) is 8.44. The van der Waals surface area contributed by atoms with Crippen LogP contribution in [0.5, 0.6) is 0 Å². The van der Waals surface area contributed by atoms with Crippen molar-refractivity contribution in [1.82, 2.24) is 0 Å². The van der Waals surface area contributed by atoms with Gasteiger partial charge in [-0.3, -0.25) is 0 Å². The Bertz CT molecular complexity index is 516. The van der Waals surface area contributed by atoms with Crippen LogP contribution in [0.1, 0.15) is 18.4 Å². The minimum atomic E-state index is -0.221. The van der Waals surface area contributed by atoms with E-state index in [2.05, 4.69) is 30.4 Å². The maximum Gasteiger partial charge on any atom is 0.134 e. The van der Waals surface area contributed by atoms with Gasteiger partial charge in [-0.2, -0.15) is 0 Å². The minimum absolute atomic E-state index is 0.221. The Morgan fingerprint density at radius 1 is 1.13 bits per heavy atom. The highest BCUT2D eigenvalue weighted by Gasteiger charge is 2.28. The van der Waals surface area contributed by atoms with Crippen LogP contribution < -0.4 is 5.73 Å². The van der Waals surface area contributed by atoms with Gasteiger partial charge in [-0.25, -0.2) is 0 Å². The first-order valence-corrected chi connectivity index (χ1v) is 5.20. The summed E-state index contributed by atoms with van der Waals surface area (Å²) >= 11 is 0. The molecule has 76 valence electrons. The molecule has 0 aliphatic heterocycles. The van der Waals surface area contributed by atoms with Crippen LogP contribution in [0.4, 0.5) is 0 Å². The summed E-state index contributed by atoms with van der Waals surface area (Å²) in [6.45, 7) is 0. The Labute approximate surface area is 88.4 Å². The van der Waals surface area contributed by atoms with E-state index >= 15 is 0 Å². The van der Waals surface area contributed by atoms with Crippen LogP contribution in [0.3, 0.4) is 0 Å². The predicted molar refractivity (Wildman–Crippen MR) is 60.5 cm³/mol. The molecule has 1 heterocycles. The molecular weight excluding hydrogens is 186 g/mol. The summed E-state index contributed by atoms with van der Waals surface area (Å²) in [6, 6.07) is 8.20. The molecule has 1 aromatic heterocycles. The van der Waals surface area contributed by atoms with Crippen LogP contribution in [0.2, 0.25) is 0 Å². The number of fused-ring (bicyclic) bond motifs is 1. The van der Waals surface area contributed by atoms with Gasteiger partial charge in [-0.15, -0.1) is 0 Å². The average molecular weight is 199 g/mol. The van der Waals surface area contributed by atoms with Crippen molar-refractivity contribution in [3.63, 3.8) is 0 Å². The van der Waals surface area contributed by atoms with Gasteiger partial charge in [0.15, 0.2) is 0 Å². The Hall–Kier alpha value is -1.54. The molecule has 15 heavy (non-hydrogen) atoms. The van der Waals surface area contributed by atoms with Gasteiger partial charge in [0, 0.05) is 10.9 Å². The smallest absolute Gasteiger partial charge is 0.134 e. The van der Waals surface area contributed by atoms with Crippen LogP contribution in [0.25, 0.3) is 11.0 Å². The number of furan rings is 1. The lowest BCUT2D eigenvalue weighted by Gasteiger charge is -2.23. The third-order valence-corrected chi connectivity index (χ3v) is 3.16. The zero-order chi connectivity index (χ0) is 10.3. The first-order valence-electron chi connectivity index (χ1n) is 5.20. The van der Waals surface area contributed by atoms with Crippen molar-refractivity contribution >= 4 is 11.0 Å². The van der Waals surface area contributed by atoms with Gasteiger partial charge in [0.1, 0.15) is 5.58 Å². The van der Waals surface area contributed by atoms with Crippen molar-refractivity contribution in [2.75, 3.05) is 0 Å². The van der Waals surface area contributed by atoms with Gasteiger partial charge >= 0.3 is 0 Å². The normalized spacial score (nSPS) is 18.7. The predicted octanol–water partition coefficient (Wildman–Crippen LogP) is 2.94. The van der Waals surface area contributed by atoms with E-state index in [0.29, 0.717) is 0 Å². The summed E-state index contributed by atoms with van der Waals surface area (Å²) in [4.78, 5) is 0. The maximum atomic E-state index is 6.34. The number of hydrogen-bond acceptors (Lipinski definition) is 2. The quantitative estimate of drug-likeness (QED) is 0.717. The zero-order valence-corrected chi connectivity index (χ0v) is 8.44. The van der Waals surface area contributed by atoms with Crippen molar-refractivity contribution < 1.29 is 4.42 Å². The second kappa shape index (κ2) is 2.97. The molecule has 3 rings (SSSR count). The molecule has 2 nitrogen and oxygen atoms in total. The fraction of sp³-hybridized carbons (Fsp3) is 0.231. The molecule has 0 fully saturated rings. The molecule has 0 bridgehead atoms. The average Bonchev–Trinajstić information content (AvgIpc) is 2.85. The van der Waals surface area contributed by atoms with Crippen molar-refractivity contribution in [1.29, 1.82) is 0 Å². The summed E-state index contributed by atoms with van der Waals surface area (Å²) in [7, 11) is 0. The summed E-state index contributed by atoms with van der Waals surface area (Å²) in [5.41, 5.74) is 8.20. The fourth-order valence-corrected chi connectivity index (χ4v) is 2.17. The second-order valence-electron chi connectivity index (χ2n) is 4.21. The molecule has 2 aromatic rings. The van der Waals surface area contributed by atoms with Crippen molar-refractivity contribution in [2.45, 2.75) is 18.4 Å². The lowest BCUT2D eigenvalue weighted by Crippen LogP contribution is -2.33. The molecule has 2 N–H and O–H groups in total. The summed E-state index contributed by atoms with van der Waals surface area (Å²) < 4.78 is 5.39. The van der Waals surface area contributed by atoms with Crippen LogP contribution in [-0.4, -0.2) is 0 Å². The summed E-state index contributed by atoms with van der Waals surface area (Å²) in [5.74, 6) is 0. The molecule has 0 amide bonds. The largest absolute Gasteiger partial charge is 0.464 e. The highest BCUT2D eigenvalue weighted by molar-refractivity contribution is 5.78. The molecule has 2 heteroatoms. The maximum absolute atomic E-state index is 6.34. The monoisotopic (exact) mass is 199 g/mol. The van der Waals surface area contributed by atoms with Crippen molar-refractivity contribution in [3.05, 3.63) is 48.2 Å². The number of hydrogen-bond donors (Lipinski definition) is 1. The van der Waals surface area contributed by atoms with Crippen LogP contribution in [0, 0.1) is 0 Å². The Morgan fingerprint density at radius 2 is 1.93 bits per heavy atom. The van der Waals surface area contributed by atoms with Gasteiger partial charge in [0.25, 0.3) is 0 Å². The highest BCUT2D eigenvalue weighted by Crippen LogP contribution is 2.33. The molecule has 0 unspecified atom stereocenters.